The third-order valence-corrected chi connectivity index (χ3v) is 10.2. The largest absolute Gasteiger partial charge is 0.463 e. The van der Waals surface area contributed by atoms with Gasteiger partial charge in [0.2, 0.25) is 5.91 Å². The van der Waals surface area contributed by atoms with E-state index in [1.165, 1.54) is 122 Å². The average Bonchev–Trinajstić information content (AvgIpc) is 3.22. The summed E-state index contributed by atoms with van der Waals surface area (Å²) in [7, 11) is 1.62. The molecule has 0 bridgehead atoms. The summed E-state index contributed by atoms with van der Waals surface area (Å²) in [6.07, 6.45) is 33.7. The lowest BCUT2D eigenvalue weighted by Crippen LogP contribution is -2.46. The molecule has 0 radical (unpaired) electrons. The molecule has 342 valence electrons. The van der Waals surface area contributed by atoms with Crippen molar-refractivity contribution >= 4 is 17.8 Å². The maximum Gasteiger partial charge on any atom is 0.306 e. The fourth-order valence-electron chi connectivity index (χ4n) is 6.53. The first-order valence-corrected chi connectivity index (χ1v) is 23.6. The number of hydrogen-bond acceptors (Lipinski definition) is 10. The molecule has 0 saturated heterocycles. The van der Waals surface area contributed by atoms with Gasteiger partial charge in [0.05, 0.1) is 71.2 Å². The van der Waals surface area contributed by atoms with E-state index in [2.05, 4.69) is 19.2 Å². The smallest absolute Gasteiger partial charge is 0.306 e. The first kappa shape index (κ1) is 55.9. The van der Waals surface area contributed by atoms with Crippen molar-refractivity contribution in [1.82, 2.24) is 5.32 Å². The maximum absolute atomic E-state index is 12.9. The Morgan fingerprint density at radius 1 is 0.500 bits per heavy atom. The van der Waals surface area contributed by atoms with Gasteiger partial charge in [-0.1, -0.05) is 167 Å². The Morgan fingerprint density at radius 2 is 0.897 bits per heavy atom. The molecule has 0 heterocycles. The number of esters is 2. The molecule has 58 heavy (non-hydrogen) atoms. The molecule has 0 rings (SSSR count). The number of amides is 1. The molecule has 0 fully saturated rings. The van der Waals surface area contributed by atoms with Gasteiger partial charge in [0, 0.05) is 13.5 Å². The van der Waals surface area contributed by atoms with Crippen molar-refractivity contribution in [2.75, 3.05) is 66.6 Å². The van der Waals surface area contributed by atoms with Crippen molar-refractivity contribution in [1.29, 1.82) is 0 Å². The number of hydrogen-bond donors (Lipinski definition) is 2. The molecule has 0 aromatic rings. The Morgan fingerprint density at radius 3 is 1.36 bits per heavy atom. The summed E-state index contributed by atoms with van der Waals surface area (Å²) in [5, 5.41) is 13.9. The van der Waals surface area contributed by atoms with Crippen LogP contribution in [0.25, 0.3) is 0 Å². The highest BCUT2D eigenvalue weighted by Crippen LogP contribution is 2.14. The van der Waals surface area contributed by atoms with E-state index in [1.807, 2.05) is 6.08 Å². The van der Waals surface area contributed by atoms with E-state index < -0.39 is 24.1 Å². The van der Waals surface area contributed by atoms with Gasteiger partial charge in [-0.3, -0.25) is 14.4 Å². The lowest BCUT2D eigenvalue weighted by atomic mass is 10.0. The average molecular weight is 828 g/mol. The molecule has 1 unspecified atom stereocenters. The Kier molecular flexibility index (Phi) is 44.4. The molecule has 2 N–H and O–H groups in total. The van der Waals surface area contributed by atoms with Gasteiger partial charge in [0.1, 0.15) is 13.2 Å². The molecule has 11 heteroatoms. The molecule has 0 aliphatic carbocycles. The molecule has 11 nitrogen and oxygen atoms in total. The molecular weight excluding hydrogens is 739 g/mol. The molecular formula is C47H89NO10. The zero-order valence-electron chi connectivity index (χ0n) is 37.6. The zero-order valence-corrected chi connectivity index (χ0v) is 37.6. The third-order valence-electron chi connectivity index (χ3n) is 10.2. The Hall–Kier alpha value is -2.05. The van der Waals surface area contributed by atoms with E-state index in [0.717, 1.165) is 38.5 Å². The van der Waals surface area contributed by atoms with Crippen molar-refractivity contribution < 1.29 is 47.9 Å². The van der Waals surface area contributed by atoms with Gasteiger partial charge < -0.3 is 38.8 Å². The fraction of sp³-hybridized carbons (Fsp3) is 0.894. The van der Waals surface area contributed by atoms with Crippen LogP contribution in [0.3, 0.4) is 0 Å². The second kappa shape index (κ2) is 46.0. The maximum atomic E-state index is 12.9. The lowest BCUT2D eigenvalue weighted by Gasteiger charge is -2.22. The number of allylic oxidation sites excluding steroid dienone is 1. The highest BCUT2D eigenvalue weighted by molar-refractivity contribution is 5.78. The second-order valence-electron chi connectivity index (χ2n) is 15.6. The van der Waals surface area contributed by atoms with Crippen LogP contribution in [0, 0.1) is 0 Å². The van der Waals surface area contributed by atoms with Crippen LogP contribution in [-0.2, 0) is 42.8 Å². The van der Waals surface area contributed by atoms with E-state index in [-0.39, 0.29) is 38.6 Å². The van der Waals surface area contributed by atoms with Gasteiger partial charge in [0.25, 0.3) is 0 Å². The van der Waals surface area contributed by atoms with Crippen LogP contribution in [0.4, 0.5) is 0 Å². The number of carbonyl (C=O) groups excluding carboxylic acids is 3. The number of nitrogens with one attached hydrogen (secondary N) is 1. The van der Waals surface area contributed by atoms with E-state index in [1.54, 1.807) is 13.2 Å². The van der Waals surface area contributed by atoms with Gasteiger partial charge in [-0.05, 0) is 19.3 Å². The van der Waals surface area contributed by atoms with Crippen LogP contribution < -0.4 is 5.32 Å². The summed E-state index contributed by atoms with van der Waals surface area (Å²) >= 11 is 0. The van der Waals surface area contributed by atoms with Crippen LogP contribution in [-0.4, -0.2) is 102 Å². The fourth-order valence-corrected chi connectivity index (χ4v) is 6.53. The van der Waals surface area contributed by atoms with Crippen LogP contribution in [0.15, 0.2) is 12.2 Å². The molecule has 0 aromatic carbocycles. The Bertz CT molecular complexity index is 933. The van der Waals surface area contributed by atoms with Gasteiger partial charge in [-0.15, -0.1) is 0 Å². The number of carbonyl (C=O) groups is 3. The zero-order chi connectivity index (χ0) is 42.4. The molecule has 0 saturated carbocycles. The van der Waals surface area contributed by atoms with Crippen LogP contribution in [0.5, 0.6) is 0 Å². The molecule has 0 spiro atoms. The van der Waals surface area contributed by atoms with E-state index in [9.17, 15) is 19.5 Å². The minimum absolute atomic E-state index is 0.0685. The van der Waals surface area contributed by atoms with Crippen molar-refractivity contribution in [3.63, 3.8) is 0 Å². The molecule has 0 aliphatic heterocycles. The summed E-state index contributed by atoms with van der Waals surface area (Å²) in [6, 6.07) is -0.775. The van der Waals surface area contributed by atoms with Crippen molar-refractivity contribution in [2.24, 2.45) is 0 Å². The summed E-state index contributed by atoms with van der Waals surface area (Å²) in [6.45, 7) is 7.38. The summed E-state index contributed by atoms with van der Waals surface area (Å²) < 4.78 is 31.6. The SMILES string of the molecule is CCCCCCCCCCCCC/C=C/C(O)[C@H](COC(=O)CCC(=O)OCCOCCOCCOCCOC)NC(=O)CCCCCCCCCCCCCCC. The molecule has 1 amide bonds. The predicted molar refractivity (Wildman–Crippen MR) is 234 cm³/mol. The summed E-state index contributed by atoms with van der Waals surface area (Å²) in [5.41, 5.74) is 0. The van der Waals surface area contributed by atoms with Crippen LogP contribution in [0.1, 0.15) is 194 Å². The highest BCUT2D eigenvalue weighted by Gasteiger charge is 2.22. The lowest BCUT2D eigenvalue weighted by molar-refractivity contribution is -0.152. The van der Waals surface area contributed by atoms with Crippen molar-refractivity contribution in [3.8, 4) is 0 Å². The summed E-state index contributed by atoms with van der Waals surface area (Å²) in [5.74, 6) is -1.28. The Labute approximate surface area is 354 Å². The van der Waals surface area contributed by atoms with E-state index in [0.29, 0.717) is 46.1 Å². The molecule has 0 aromatic heterocycles. The van der Waals surface area contributed by atoms with Gasteiger partial charge in [-0.2, -0.15) is 0 Å². The van der Waals surface area contributed by atoms with E-state index in [4.69, 9.17) is 28.4 Å². The minimum atomic E-state index is -0.999. The van der Waals surface area contributed by atoms with Gasteiger partial charge in [0.15, 0.2) is 0 Å². The van der Waals surface area contributed by atoms with Crippen molar-refractivity contribution in [3.05, 3.63) is 12.2 Å². The third kappa shape index (κ3) is 42.1. The topological polar surface area (TPSA) is 139 Å². The number of rotatable bonds is 46. The monoisotopic (exact) mass is 828 g/mol. The first-order chi connectivity index (χ1) is 28.4. The first-order valence-electron chi connectivity index (χ1n) is 23.6. The van der Waals surface area contributed by atoms with Crippen LogP contribution in [0.2, 0.25) is 0 Å². The van der Waals surface area contributed by atoms with Crippen molar-refractivity contribution in [2.45, 2.75) is 206 Å². The van der Waals surface area contributed by atoms with Gasteiger partial charge in [-0.25, -0.2) is 0 Å². The van der Waals surface area contributed by atoms with Crippen LogP contribution >= 0.6 is 0 Å². The number of aliphatic hydroxyl groups excluding tert-OH is 1. The number of aliphatic hydroxyl groups is 1. The normalized spacial score (nSPS) is 12.6. The van der Waals surface area contributed by atoms with E-state index >= 15 is 0 Å². The number of methoxy groups -OCH3 is 1. The Balaban J connectivity index is 4.47. The van der Waals surface area contributed by atoms with Gasteiger partial charge >= 0.3 is 11.9 Å². The molecule has 2 atom stereocenters. The standard InChI is InChI=1S/C47H89NO10/c1-4-6-8-10-12-14-16-18-20-22-24-26-28-30-44(49)43(48-45(50)31-29-27-25-23-21-19-17-15-13-11-9-7-5-2)42-58-47(52)33-32-46(51)57-41-40-56-39-38-55-37-36-54-35-34-53-3/h28,30,43-44,49H,4-27,29,31-42H2,1-3H3,(H,48,50)/b30-28+/t43-,44?/m0/s1. The minimum Gasteiger partial charge on any atom is -0.463 e. The quantitative estimate of drug-likeness (QED) is 0.0346. The highest BCUT2D eigenvalue weighted by atomic mass is 16.6. The summed E-state index contributed by atoms with van der Waals surface area (Å²) in [4.78, 5) is 37.6. The number of ether oxygens (including phenoxy) is 6. The number of unbranched alkanes of at least 4 members (excludes halogenated alkanes) is 23. The second-order valence-corrected chi connectivity index (χ2v) is 15.6. The molecule has 0 aliphatic rings. The predicted octanol–water partition coefficient (Wildman–Crippen LogP) is 10.1.